The Labute approximate surface area is 209 Å². The minimum Gasteiger partial charge on any atom is -0.348 e. The highest BCUT2D eigenvalue weighted by Crippen LogP contribution is 2.44. The maximum atomic E-state index is 2.72. The fourth-order valence-electron chi connectivity index (χ4n) is 4.42. The Balaban J connectivity index is 2.00. The molecule has 0 amide bonds. The summed E-state index contributed by atoms with van der Waals surface area (Å²) in [4.78, 5) is 9.78. The Kier molecular flexibility index (Phi) is 10.5. The molecule has 1 aliphatic heterocycles. The molecule has 5 heteroatoms. The van der Waals surface area contributed by atoms with Gasteiger partial charge in [0.1, 0.15) is 6.17 Å². The zero-order valence-electron chi connectivity index (χ0n) is 20.5. The maximum Gasteiger partial charge on any atom is 0.101 e. The average Bonchev–Trinajstić information content (AvgIpc) is 3.22. The molecule has 0 N–H and O–H groups in total. The zero-order chi connectivity index (χ0) is 22.9. The normalized spacial score (nSPS) is 16.2. The molecular weight excluding hydrogens is 449 g/mol. The van der Waals surface area contributed by atoms with Crippen LogP contribution in [-0.2, 0) is 0 Å². The molecule has 1 unspecified atom stereocenters. The lowest BCUT2D eigenvalue weighted by atomic mass is 10.1. The molecule has 0 saturated carbocycles. The molecule has 32 heavy (non-hydrogen) atoms. The van der Waals surface area contributed by atoms with Crippen molar-refractivity contribution in [1.82, 2.24) is 0 Å². The number of hydrogen-bond acceptors (Lipinski definition) is 5. The van der Waals surface area contributed by atoms with E-state index in [4.69, 9.17) is 0 Å². The topological polar surface area (TPSA) is 6.48 Å². The molecule has 0 bridgehead atoms. The predicted octanol–water partition coefficient (Wildman–Crippen LogP) is 8.56. The van der Waals surface area contributed by atoms with Gasteiger partial charge in [0.05, 0.1) is 11.4 Å². The molecule has 1 aliphatic rings. The molecule has 0 radical (unpaired) electrons. The Morgan fingerprint density at radius 1 is 0.688 bits per heavy atom. The van der Waals surface area contributed by atoms with E-state index in [2.05, 4.69) is 80.8 Å². The summed E-state index contributed by atoms with van der Waals surface area (Å²) < 4.78 is 0. The summed E-state index contributed by atoms with van der Waals surface area (Å²) in [6.07, 6.45) is 5.15. The predicted molar refractivity (Wildman–Crippen MR) is 149 cm³/mol. The molecule has 1 atom stereocenters. The Hall–Kier alpha value is -0.910. The van der Waals surface area contributed by atoms with Crippen LogP contribution in [0.4, 0.5) is 11.4 Å². The van der Waals surface area contributed by atoms with Crippen molar-refractivity contribution in [3.8, 4) is 0 Å². The van der Waals surface area contributed by atoms with Crippen molar-refractivity contribution >= 4 is 46.7 Å². The van der Waals surface area contributed by atoms with Crippen LogP contribution in [0.5, 0.6) is 0 Å². The van der Waals surface area contributed by atoms with Gasteiger partial charge < -0.3 is 9.80 Å². The van der Waals surface area contributed by atoms with E-state index >= 15 is 0 Å². The van der Waals surface area contributed by atoms with Crippen LogP contribution < -0.4 is 9.80 Å². The summed E-state index contributed by atoms with van der Waals surface area (Å²) in [5.41, 5.74) is 4.34. The van der Waals surface area contributed by atoms with E-state index in [-0.39, 0.29) is 0 Å². The van der Waals surface area contributed by atoms with Crippen molar-refractivity contribution in [3.05, 3.63) is 42.0 Å². The molecule has 1 heterocycles. The van der Waals surface area contributed by atoms with Crippen molar-refractivity contribution < 1.29 is 0 Å². The fraction of sp³-hybridized carbons (Fsp3) is 0.556. The summed E-state index contributed by atoms with van der Waals surface area (Å²) in [6.45, 7) is 13.7. The first kappa shape index (κ1) is 25.7. The minimum absolute atomic E-state index is 0.404. The lowest BCUT2D eigenvalue weighted by molar-refractivity contribution is 0.635. The van der Waals surface area contributed by atoms with Crippen LogP contribution in [0, 0.1) is 6.92 Å². The van der Waals surface area contributed by atoms with Crippen molar-refractivity contribution in [3.63, 3.8) is 0 Å². The van der Waals surface area contributed by atoms with Gasteiger partial charge in [0.15, 0.2) is 0 Å². The van der Waals surface area contributed by atoms with Crippen molar-refractivity contribution in [2.24, 2.45) is 0 Å². The monoisotopic (exact) mass is 488 g/mol. The van der Waals surface area contributed by atoms with E-state index in [0.717, 1.165) is 19.5 Å². The summed E-state index contributed by atoms with van der Waals surface area (Å²) in [5.74, 6) is 3.54. The highest BCUT2D eigenvalue weighted by atomic mass is 32.2. The third-order valence-electron chi connectivity index (χ3n) is 5.79. The van der Waals surface area contributed by atoms with Crippen LogP contribution in [0.25, 0.3) is 0 Å². The molecule has 3 rings (SSSR count). The first-order valence-electron chi connectivity index (χ1n) is 12.3. The van der Waals surface area contributed by atoms with Gasteiger partial charge in [0, 0.05) is 27.8 Å². The van der Waals surface area contributed by atoms with E-state index in [0.29, 0.717) is 6.17 Å². The van der Waals surface area contributed by atoms with Gasteiger partial charge in [0.2, 0.25) is 0 Å². The van der Waals surface area contributed by atoms with Crippen molar-refractivity contribution in [2.75, 3.05) is 40.1 Å². The average molecular weight is 489 g/mol. The van der Waals surface area contributed by atoms with Crippen LogP contribution in [0.15, 0.2) is 51.1 Å². The number of rotatable bonds is 12. The smallest absolute Gasteiger partial charge is 0.101 e. The van der Waals surface area contributed by atoms with E-state index in [1.165, 1.54) is 68.1 Å². The minimum atomic E-state index is 0.404. The molecule has 1 fully saturated rings. The third kappa shape index (κ3) is 5.95. The Morgan fingerprint density at radius 2 is 1.12 bits per heavy atom. The van der Waals surface area contributed by atoms with Gasteiger partial charge >= 0.3 is 0 Å². The molecule has 0 spiro atoms. The maximum absolute atomic E-state index is 2.72. The number of para-hydroxylation sites is 2. The summed E-state index contributed by atoms with van der Waals surface area (Å²) >= 11 is 6.08. The van der Waals surface area contributed by atoms with Gasteiger partial charge in [-0.15, -0.1) is 35.3 Å². The number of nitrogens with zero attached hydrogens (tertiary/aromatic N) is 2. The fourth-order valence-corrected chi connectivity index (χ4v) is 7.42. The van der Waals surface area contributed by atoms with Gasteiger partial charge in [0.25, 0.3) is 0 Å². The molecule has 0 aromatic heterocycles. The lowest BCUT2D eigenvalue weighted by Gasteiger charge is -2.35. The number of thioether (sulfide) groups is 3. The second-order valence-corrected chi connectivity index (χ2v) is 11.8. The Bertz CT molecular complexity index is 829. The van der Waals surface area contributed by atoms with Gasteiger partial charge in [-0.1, -0.05) is 45.9 Å². The lowest BCUT2D eigenvalue weighted by Crippen LogP contribution is -2.39. The second kappa shape index (κ2) is 13.1. The third-order valence-corrected chi connectivity index (χ3v) is 9.55. The SMILES string of the molecule is CCCSc1cccc(C)c1N1CCN(c2c(SCCC)cccc2SCCC)C1CC. The number of anilines is 2. The summed E-state index contributed by atoms with van der Waals surface area (Å²) in [6, 6.07) is 13.8. The summed E-state index contributed by atoms with van der Waals surface area (Å²) in [7, 11) is 0. The summed E-state index contributed by atoms with van der Waals surface area (Å²) in [5, 5.41) is 0. The molecule has 0 aliphatic carbocycles. The first-order valence-corrected chi connectivity index (χ1v) is 15.3. The second-order valence-electron chi connectivity index (χ2n) is 8.35. The molecule has 176 valence electrons. The van der Waals surface area contributed by atoms with Crippen LogP contribution >= 0.6 is 35.3 Å². The first-order chi connectivity index (χ1) is 15.7. The van der Waals surface area contributed by atoms with E-state index in [9.17, 15) is 0 Å². The van der Waals surface area contributed by atoms with Crippen molar-refractivity contribution in [2.45, 2.75) is 81.2 Å². The molecule has 2 nitrogen and oxygen atoms in total. The molecular formula is C27H40N2S3. The van der Waals surface area contributed by atoms with Crippen LogP contribution in [0.2, 0.25) is 0 Å². The standard InChI is InChI=1S/C27H40N2S3/c1-6-18-30-22-13-10-12-21(5)26(22)28-16-17-29(25(28)9-4)27-23(31-19-7-2)14-11-15-24(27)32-20-8-3/h10-15,25H,6-9,16-20H2,1-5H3. The molecule has 2 aromatic rings. The van der Waals surface area contributed by atoms with Crippen molar-refractivity contribution in [1.29, 1.82) is 0 Å². The zero-order valence-corrected chi connectivity index (χ0v) is 23.0. The Morgan fingerprint density at radius 3 is 1.59 bits per heavy atom. The van der Waals surface area contributed by atoms with Gasteiger partial charge in [-0.25, -0.2) is 0 Å². The number of hydrogen-bond donors (Lipinski definition) is 0. The van der Waals surface area contributed by atoms with Crippen LogP contribution in [0.1, 0.15) is 58.9 Å². The molecule has 2 aromatic carbocycles. The van der Waals surface area contributed by atoms with Gasteiger partial charge in [-0.05, 0) is 73.6 Å². The molecule has 1 saturated heterocycles. The number of aryl methyl sites for hydroxylation is 1. The van der Waals surface area contributed by atoms with E-state index in [1.807, 2.05) is 35.3 Å². The highest BCUT2D eigenvalue weighted by molar-refractivity contribution is 8.00. The van der Waals surface area contributed by atoms with Gasteiger partial charge in [-0.2, -0.15) is 0 Å². The van der Waals surface area contributed by atoms with Gasteiger partial charge in [-0.3, -0.25) is 0 Å². The quantitative estimate of drug-likeness (QED) is 0.275. The highest BCUT2D eigenvalue weighted by Gasteiger charge is 2.35. The van der Waals surface area contributed by atoms with Crippen LogP contribution in [-0.4, -0.2) is 36.5 Å². The van der Waals surface area contributed by atoms with E-state index < -0.39 is 0 Å². The van der Waals surface area contributed by atoms with Crippen LogP contribution in [0.3, 0.4) is 0 Å². The number of benzene rings is 2. The largest absolute Gasteiger partial charge is 0.348 e. The van der Waals surface area contributed by atoms with E-state index in [1.54, 1.807) is 0 Å².